The number of hydrogen-bond donors (Lipinski definition) is 13. The second-order valence-corrected chi connectivity index (χ2v) is 18.5. The van der Waals surface area contributed by atoms with Crippen molar-refractivity contribution in [1.29, 1.82) is 0 Å². The van der Waals surface area contributed by atoms with Gasteiger partial charge in [0.1, 0.15) is 12.2 Å². The SMILES string of the molecule is C[C@H]1C[C@H](O)[C@@H](C)/C=C/C=C/C=C/C=C/C=C/C=C/C=C/C(O[C@@H]2OC[C@@H](O)[C@H](N)[C@@H]2O)C[C@@H]2OC(O)(C[C@@H](O)CC(O)C(O)CCC(O)CC(O)CC(=O)O1)C[C@H](O)C2C(=O)NCCCCCN. The van der Waals surface area contributed by atoms with Crippen LogP contribution in [-0.4, -0.2) is 174 Å². The molecule has 1 amide bonds. The minimum atomic E-state index is -2.26. The van der Waals surface area contributed by atoms with E-state index in [1.165, 1.54) is 0 Å². The molecular formula is C50H81N3O16. The molecule has 0 aromatic heterocycles. The quantitative estimate of drug-likeness (QED) is 0.114. The van der Waals surface area contributed by atoms with E-state index in [1.54, 1.807) is 61.6 Å². The standard InChI is InChI=1S/C50H81N3O16/c1-32-18-14-11-9-7-5-3-4-6-8-10-12-15-19-37(68-49-47(63)46(52)42(61)31-66-49)28-43-45(48(64)53-23-17-13-16-22-51)41(60)30-50(65,69-43)29-36(56)26-40(59)38(57)21-20-34(54)25-35(55)27-44(62)67-33(2)24-39(32)58/h3-12,14-15,18-19,32-43,45-47,49,54-61,63,65H,13,16-17,20-31,51-52H2,1-2H3,(H,53,64)/b4-3+,7-5+,8-6+,11-9+,12-10+,18-14+,19-15+/t32-,33-,34?,35?,36-,37?,38?,39-,40?,41-,42+,43-,45?,46-,47-,49-,50?/m0/s1. The number of nitrogens with one attached hydrogen (secondary N) is 1. The van der Waals surface area contributed by atoms with E-state index in [0.29, 0.717) is 13.0 Å². The van der Waals surface area contributed by atoms with Crippen LogP contribution in [0.4, 0.5) is 0 Å². The van der Waals surface area contributed by atoms with E-state index in [4.69, 9.17) is 30.4 Å². The van der Waals surface area contributed by atoms with Gasteiger partial charge in [-0.25, -0.2) is 0 Å². The fourth-order valence-corrected chi connectivity index (χ4v) is 8.29. The summed E-state index contributed by atoms with van der Waals surface area (Å²) in [4.78, 5) is 26.3. The van der Waals surface area contributed by atoms with Crippen molar-refractivity contribution in [3.63, 3.8) is 0 Å². The van der Waals surface area contributed by atoms with Crippen LogP contribution >= 0.6 is 0 Å². The van der Waals surface area contributed by atoms with Crippen molar-refractivity contribution >= 4 is 11.9 Å². The average Bonchev–Trinajstić information content (AvgIpc) is 3.27. The molecule has 2 bridgehead atoms. The summed E-state index contributed by atoms with van der Waals surface area (Å²) in [6, 6.07) is -1.10. The molecule has 7 unspecified atom stereocenters. The number of unbranched alkanes of at least 4 members (excludes halogenated alkanes) is 2. The molecule has 69 heavy (non-hydrogen) atoms. The smallest absolute Gasteiger partial charge is 0.308 e. The van der Waals surface area contributed by atoms with Gasteiger partial charge in [-0.05, 0) is 45.6 Å². The van der Waals surface area contributed by atoms with Crippen LogP contribution < -0.4 is 16.8 Å². The lowest BCUT2D eigenvalue weighted by Crippen LogP contribution is -2.59. The summed E-state index contributed by atoms with van der Waals surface area (Å²) in [5.41, 5.74) is 11.6. The zero-order valence-corrected chi connectivity index (χ0v) is 40.0. The van der Waals surface area contributed by atoms with Gasteiger partial charge in [0.15, 0.2) is 12.1 Å². The predicted molar refractivity (Wildman–Crippen MR) is 256 cm³/mol. The number of aliphatic hydroxyl groups is 10. The van der Waals surface area contributed by atoms with E-state index in [0.717, 1.165) is 12.8 Å². The third-order valence-corrected chi connectivity index (χ3v) is 12.2. The Hall–Kier alpha value is -3.48. The highest BCUT2D eigenvalue weighted by Crippen LogP contribution is 2.38. The summed E-state index contributed by atoms with van der Waals surface area (Å²) in [5.74, 6) is -5.05. The average molecular weight is 980 g/mol. The number of carbonyl (C=O) groups excluding carboxylic acids is 2. The van der Waals surface area contributed by atoms with Crippen LogP contribution in [0.5, 0.6) is 0 Å². The number of fused-ring (bicyclic) bond motifs is 2. The Balaban J connectivity index is 1.89. The minimum Gasteiger partial charge on any atom is -0.462 e. The van der Waals surface area contributed by atoms with Gasteiger partial charge in [-0.3, -0.25) is 9.59 Å². The Bertz CT molecular complexity index is 1710. The van der Waals surface area contributed by atoms with Gasteiger partial charge >= 0.3 is 5.97 Å². The maximum atomic E-state index is 13.8. The van der Waals surface area contributed by atoms with Gasteiger partial charge in [0.05, 0.1) is 86.0 Å². The molecule has 3 aliphatic rings. The largest absolute Gasteiger partial charge is 0.462 e. The van der Waals surface area contributed by atoms with E-state index in [2.05, 4.69) is 5.32 Å². The van der Waals surface area contributed by atoms with Crippen molar-refractivity contribution in [2.24, 2.45) is 23.3 Å². The Morgan fingerprint density at radius 2 is 1.33 bits per heavy atom. The zero-order valence-electron chi connectivity index (χ0n) is 40.0. The number of rotatable bonds is 8. The molecule has 0 spiro atoms. The molecule has 3 rings (SSSR count). The van der Waals surface area contributed by atoms with Gasteiger partial charge in [0.25, 0.3) is 0 Å². The fourth-order valence-electron chi connectivity index (χ4n) is 8.29. The Morgan fingerprint density at radius 3 is 1.97 bits per heavy atom. The van der Waals surface area contributed by atoms with Gasteiger partial charge in [-0.1, -0.05) is 98.4 Å². The van der Waals surface area contributed by atoms with Crippen molar-refractivity contribution in [3.8, 4) is 0 Å². The van der Waals surface area contributed by atoms with Crippen molar-refractivity contribution in [1.82, 2.24) is 5.32 Å². The first-order valence-corrected chi connectivity index (χ1v) is 24.2. The van der Waals surface area contributed by atoms with Crippen molar-refractivity contribution in [2.45, 2.75) is 182 Å². The summed E-state index contributed by atoms with van der Waals surface area (Å²) >= 11 is 0. The summed E-state index contributed by atoms with van der Waals surface area (Å²) in [5, 5.41) is 112. The Labute approximate surface area is 406 Å². The highest BCUT2D eigenvalue weighted by Gasteiger charge is 2.50. The van der Waals surface area contributed by atoms with Gasteiger partial charge in [-0.15, -0.1) is 0 Å². The molecule has 19 nitrogen and oxygen atoms in total. The number of carbonyl (C=O) groups is 2. The molecular weight excluding hydrogens is 899 g/mol. The number of nitrogens with two attached hydrogens (primary N) is 2. The molecule has 19 heteroatoms. The molecule has 0 aliphatic carbocycles. The van der Waals surface area contributed by atoms with E-state index < -0.39 is 135 Å². The van der Waals surface area contributed by atoms with Crippen LogP contribution in [-0.2, 0) is 28.5 Å². The lowest BCUT2D eigenvalue weighted by atomic mass is 9.82. The van der Waals surface area contributed by atoms with Crippen molar-refractivity contribution in [2.75, 3.05) is 19.7 Å². The van der Waals surface area contributed by atoms with Crippen LogP contribution in [0.2, 0.25) is 0 Å². The lowest BCUT2D eigenvalue weighted by molar-refractivity contribution is -0.304. The molecule has 2 fully saturated rings. The van der Waals surface area contributed by atoms with E-state index in [9.17, 15) is 60.7 Å². The number of cyclic esters (lactones) is 1. The van der Waals surface area contributed by atoms with Crippen LogP contribution in [0.25, 0.3) is 0 Å². The molecule has 17 atom stereocenters. The second kappa shape index (κ2) is 31.8. The number of esters is 1. The Kier molecular flexibility index (Phi) is 27.5. The molecule has 0 radical (unpaired) electrons. The van der Waals surface area contributed by atoms with E-state index >= 15 is 0 Å². The summed E-state index contributed by atoms with van der Waals surface area (Å²) in [7, 11) is 0. The van der Waals surface area contributed by atoms with E-state index in [1.807, 2.05) is 37.3 Å². The number of hydrogen-bond acceptors (Lipinski definition) is 18. The molecule has 2 saturated heterocycles. The molecule has 0 saturated carbocycles. The van der Waals surface area contributed by atoms with Gasteiger partial charge < -0.3 is 86.8 Å². The second-order valence-electron chi connectivity index (χ2n) is 18.5. The maximum Gasteiger partial charge on any atom is 0.308 e. The molecule has 15 N–H and O–H groups in total. The summed E-state index contributed by atoms with van der Waals surface area (Å²) < 4.78 is 23.3. The molecule has 0 aromatic rings. The normalized spacial score (nSPS) is 41.3. The first-order chi connectivity index (χ1) is 32.8. The highest BCUT2D eigenvalue weighted by molar-refractivity contribution is 5.80. The number of amides is 1. The molecule has 3 heterocycles. The highest BCUT2D eigenvalue weighted by atomic mass is 16.7. The summed E-state index contributed by atoms with van der Waals surface area (Å²) in [6.07, 6.45) is 8.16. The first-order valence-electron chi connectivity index (χ1n) is 24.2. The van der Waals surface area contributed by atoms with Crippen molar-refractivity contribution in [3.05, 3.63) is 85.1 Å². The Morgan fingerprint density at radius 1 is 0.710 bits per heavy atom. The zero-order chi connectivity index (χ0) is 50.9. The van der Waals surface area contributed by atoms with Crippen LogP contribution in [0.15, 0.2) is 85.1 Å². The minimum absolute atomic E-state index is 0.0893. The third kappa shape index (κ3) is 22.6. The first kappa shape index (κ1) is 59.8. The van der Waals surface area contributed by atoms with Gasteiger partial charge in [-0.2, -0.15) is 0 Å². The van der Waals surface area contributed by atoms with Gasteiger partial charge in [0.2, 0.25) is 5.91 Å². The summed E-state index contributed by atoms with van der Waals surface area (Å²) in [6.45, 7) is 3.98. The van der Waals surface area contributed by atoms with Crippen LogP contribution in [0.3, 0.4) is 0 Å². The fraction of sp³-hybridized carbons (Fsp3) is 0.680. The number of allylic oxidation sites excluding steroid dienone is 12. The third-order valence-electron chi connectivity index (χ3n) is 12.2. The molecule has 0 aromatic carbocycles. The predicted octanol–water partition coefficient (Wildman–Crippen LogP) is 0.238. The topological polar surface area (TPSA) is 337 Å². The van der Waals surface area contributed by atoms with Crippen LogP contribution in [0, 0.1) is 11.8 Å². The maximum absolute atomic E-state index is 13.8. The monoisotopic (exact) mass is 980 g/mol. The van der Waals surface area contributed by atoms with Crippen molar-refractivity contribution < 1.29 is 79.6 Å². The number of ether oxygens (including phenoxy) is 4. The number of aliphatic hydroxyl groups excluding tert-OH is 9. The molecule has 3 aliphatic heterocycles. The van der Waals surface area contributed by atoms with Gasteiger partial charge in [0, 0.05) is 44.6 Å². The molecule has 392 valence electrons. The lowest BCUT2D eigenvalue weighted by Gasteiger charge is -2.45. The van der Waals surface area contributed by atoms with Crippen LogP contribution in [0.1, 0.15) is 90.9 Å². The van der Waals surface area contributed by atoms with E-state index in [-0.39, 0.29) is 51.2 Å².